The van der Waals surface area contributed by atoms with Gasteiger partial charge in [-0.25, -0.2) is 14.4 Å². The molecule has 5 heteroatoms. The summed E-state index contributed by atoms with van der Waals surface area (Å²) < 4.78 is 20.0. The van der Waals surface area contributed by atoms with Crippen molar-refractivity contribution in [2.24, 2.45) is 0 Å². The van der Waals surface area contributed by atoms with Crippen LogP contribution in [0.15, 0.2) is 41.7 Å². The lowest BCUT2D eigenvalue weighted by atomic mass is 10.2. The van der Waals surface area contributed by atoms with Gasteiger partial charge in [0.1, 0.15) is 11.5 Å². The molecule has 3 aromatic rings. The number of nitrogens with zero attached hydrogens (tertiary/aromatic N) is 3. The van der Waals surface area contributed by atoms with Crippen molar-refractivity contribution in [1.82, 2.24) is 14.4 Å². The maximum absolute atomic E-state index is 13.3. The summed E-state index contributed by atoms with van der Waals surface area (Å²) in [6, 6.07) is 1.38. The van der Waals surface area contributed by atoms with E-state index >= 15 is 0 Å². The lowest BCUT2D eigenvalue weighted by Gasteiger charge is -2.00. The number of aromatic nitrogens is 3. The van der Waals surface area contributed by atoms with Gasteiger partial charge in [0.05, 0.1) is 11.8 Å². The predicted molar refractivity (Wildman–Crippen MR) is 50.6 cm³/mol. The molecule has 0 aliphatic heterocycles. The van der Waals surface area contributed by atoms with Crippen LogP contribution in [0.1, 0.15) is 0 Å². The zero-order valence-corrected chi connectivity index (χ0v) is 7.59. The van der Waals surface area contributed by atoms with E-state index in [1.807, 2.05) is 0 Å². The van der Waals surface area contributed by atoms with Crippen molar-refractivity contribution in [3.63, 3.8) is 0 Å². The van der Waals surface area contributed by atoms with Gasteiger partial charge in [0.15, 0.2) is 12.2 Å². The van der Waals surface area contributed by atoms with Crippen molar-refractivity contribution in [1.29, 1.82) is 0 Å². The van der Waals surface area contributed by atoms with Gasteiger partial charge in [-0.3, -0.25) is 0 Å². The Balaban J connectivity index is 2.38. The first kappa shape index (κ1) is 8.16. The number of rotatable bonds is 1. The summed E-state index contributed by atoms with van der Waals surface area (Å²) in [6.45, 7) is 0. The fourth-order valence-electron chi connectivity index (χ4n) is 1.53. The predicted octanol–water partition coefficient (Wildman–Crippen LogP) is 2.13. The summed E-state index contributed by atoms with van der Waals surface area (Å²) in [7, 11) is 0. The highest BCUT2D eigenvalue weighted by Crippen LogP contribution is 2.23. The largest absolute Gasteiger partial charge is 0.443 e. The van der Waals surface area contributed by atoms with Crippen LogP contribution in [0.3, 0.4) is 0 Å². The fourth-order valence-corrected chi connectivity index (χ4v) is 1.53. The number of hydrogen-bond acceptors (Lipinski definition) is 3. The first-order valence-electron chi connectivity index (χ1n) is 4.36. The molecular formula is C10H6FN3O. The van der Waals surface area contributed by atoms with Gasteiger partial charge in [0.25, 0.3) is 0 Å². The van der Waals surface area contributed by atoms with Gasteiger partial charge in [-0.05, 0) is 6.07 Å². The molecular weight excluding hydrogens is 197 g/mol. The SMILES string of the molecule is Fc1cc(-c2cnco2)c2nccn2c1. The second-order valence-corrected chi connectivity index (χ2v) is 3.10. The maximum Gasteiger partial charge on any atom is 0.181 e. The molecule has 15 heavy (non-hydrogen) atoms. The third kappa shape index (κ3) is 1.20. The van der Waals surface area contributed by atoms with E-state index in [2.05, 4.69) is 9.97 Å². The Morgan fingerprint density at radius 2 is 2.33 bits per heavy atom. The first-order chi connectivity index (χ1) is 7.34. The summed E-state index contributed by atoms with van der Waals surface area (Å²) in [5, 5.41) is 0. The quantitative estimate of drug-likeness (QED) is 0.608. The second-order valence-electron chi connectivity index (χ2n) is 3.10. The summed E-state index contributed by atoms with van der Waals surface area (Å²) in [5.41, 5.74) is 1.24. The standard InChI is InChI=1S/C10H6FN3O/c11-7-3-8(9-4-12-6-15-9)10-13-1-2-14(10)5-7/h1-6H. The topological polar surface area (TPSA) is 43.3 Å². The van der Waals surface area contributed by atoms with Crippen molar-refractivity contribution >= 4 is 5.65 Å². The average Bonchev–Trinajstić information content (AvgIpc) is 2.86. The monoisotopic (exact) mass is 203 g/mol. The zero-order valence-electron chi connectivity index (χ0n) is 7.59. The van der Waals surface area contributed by atoms with E-state index < -0.39 is 0 Å². The molecule has 0 bridgehead atoms. The summed E-state index contributed by atoms with van der Waals surface area (Å²) in [4.78, 5) is 7.92. The number of imidazole rings is 1. The van der Waals surface area contributed by atoms with E-state index in [0.29, 0.717) is 17.0 Å². The summed E-state index contributed by atoms with van der Waals surface area (Å²) >= 11 is 0. The van der Waals surface area contributed by atoms with E-state index in [-0.39, 0.29) is 5.82 Å². The molecule has 0 aliphatic rings. The van der Waals surface area contributed by atoms with Crippen molar-refractivity contribution in [2.45, 2.75) is 0 Å². The molecule has 3 heterocycles. The Kier molecular flexibility index (Phi) is 1.58. The van der Waals surface area contributed by atoms with Gasteiger partial charge in [-0.15, -0.1) is 0 Å². The van der Waals surface area contributed by atoms with Gasteiger partial charge >= 0.3 is 0 Å². The Morgan fingerprint density at radius 1 is 1.40 bits per heavy atom. The summed E-state index contributed by atoms with van der Waals surface area (Å²) in [6.07, 6.45) is 7.48. The number of pyridine rings is 1. The van der Waals surface area contributed by atoms with E-state index in [4.69, 9.17) is 4.42 Å². The molecule has 0 saturated carbocycles. The fraction of sp³-hybridized carbons (Fsp3) is 0. The Morgan fingerprint density at radius 3 is 3.13 bits per heavy atom. The minimum Gasteiger partial charge on any atom is -0.443 e. The molecule has 74 valence electrons. The lowest BCUT2D eigenvalue weighted by molar-refractivity contribution is 0.569. The number of oxazole rings is 1. The number of hydrogen-bond donors (Lipinski definition) is 0. The molecule has 0 unspecified atom stereocenters. The molecule has 0 aromatic carbocycles. The minimum atomic E-state index is -0.341. The number of fused-ring (bicyclic) bond motifs is 1. The zero-order chi connectivity index (χ0) is 10.3. The second kappa shape index (κ2) is 2.91. The van der Waals surface area contributed by atoms with E-state index in [1.165, 1.54) is 24.9 Å². The highest BCUT2D eigenvalue weighted by atomic mass is 19.1. The van der Waals surface area contributed by atoms with Gasteiger partial charge in [-0.2, -0.15) is 0 Å². The van der Waals surface area contributed by atoms with Gasteiger partial charge < -0.3 is 8.82 Å². The van der Waals surface area contributed by atoms with Crippen LogP contribution in [-0.2, 0) is 0 Å². The third-order valence-electron chi connectivity index (χ3n) is 2.15. The molecule has 4 nitrogen and oxygen atoms in total. The number of halogens is 1. The molecule has 0 radical (unpaired) electrons. The van der Waals surface area contributed by atoms with E-state index in [1.54, 1.807) is 16.8 Å². The van der Waals surface area contributed by atoms with Crippen LogP contribution in [0.25, 0.3) is 17.0 Å². The van der Waals surface area contributed by atoms with Crippen LogP contribution in [0, 0.1) is 5.82 Å². The van der Waals surface area contributed by atoms with Crippen molar-refractivity contribution < 1.29 is 8.81 Å². The lowest BCUT2D eigenvalue weighted by Crippen LogP contribution is -1.89. The van der Waals surface area contributed by atoms with Crippen LogP contribution in [0.2, 0.25) is 0 Å². The molecule has 3 aromatic heterocycles. The molecule has 3 rings (SSSR count). The molecule has 0 saturated heterocycles. The van der Waals surface area contributed by atoms with Crippen molar-refractivity contribution in [3.05, 3.63) is 43.1 Å². The Hall–Kier alpha value is -2.17. The van der Waals surface area contributed by atoms with Crippen LogP contribution in [-0.4, -0.2) is 14.4 Å². The van der Waals surface area contributed by atoms with Crippen molar-refractivity contribution in [3.8, 4) is 11.3 Å². The Bertz CT molecular complexity index is 600. The van der Waals surface area contributed by atoms with Crippen molar-refractivity contribution in [2.75, 3.05) is 0 Å². The normalized spacial score (nSPS) is 11.0. The van der Waals surface area contributed by atoms with Crippen LogP contribution in [0.4, 0.5) is 4.39 Å². The maximum atomic E-state index is 13.3. The molecule has 0 amide bonds. The third-order valence-corrected chi connectivity index (χ3v) is 2.15. The molecule has 0 atom stereocenters. The molecule has 0 fully saturated rings. The van der Waals surface area contributed by atoms with E-state index in [0.717, 1.165) is 0 Å². The smallest absolute Gasteiger partial charge is 0.181 e. The summed E-state index contributed by atoms with van der Waals surface area (Å²) in [5.74, 6) is 0.164. The first-order valence-corrected chi connectivity index (χ1v) is 4.36. The molecule has 0 aliphatic carbocycles. The van der Waals surface area contributed by atoms with E-state index in [9.17, 15) is 4.39 Å². The van der Waals surface area contributed by atoms with Gasteiger partial charge in [0.2, 0.25) is 0 Å². The molecule has 0 spiro atoms. The van der Waals surface area contributed by atoms with Crippen LogP contribution < -0.4 is 0 Å². The minimum absolute atomic E-state index is 0.341. The Labute approximate surface area is 84.0 Å². The van der Waals surface area contributed by atoms with Gasteiger partial charge in [-0.1, -0.05) is 0 Å². The van der Waals surface area contributed by atoms with Crippen LogP contribution >= 0.6 is 0 Å². The van der Waals surface area contributed by atoms with Crippen LogP contribution in [0.5, 0.6) is 0 Å². The highest BCUT2D eigenvalue weighted by molar-refractivity contribution is 5.73. The highest BCUT2D eigenvalue weighted by Gasteiger charge is 2.10. The van der Waals surface area contributed by atoms with Gasteiger partial charge in [0, 0.05) is 18.6 Å². The average molecular weight is 203 g/mol. The molecule has 0 N–H and O–H groups in total.